The lowest BCUT2D eigenvalue weighted by atomic mass is 9.95. The average Bonchev–Trinajstić information content (AvgIpc) is 2.05. The van der Waals surface area contributed by atoms with Crippen molar-refractivity contribution in [3.05, 3.63) is 0 Å². The van der Waals surface area contributed by atoms with Crippen molar-refractivity contribution >= 4 is 5.91 Å². The van der Waals surface area contributed by atoms with Crippen molar-refractivity contribution in [2.24, 2.45) is 5.73 Å². The van der Waals surface area contributed by atoms with Gasteiger partial charge in [-0.3, -0.25) is 10.1 Å². The van der Waals surface area contributed by atoms with Crippen LogP contribution in [0.1, 0.15) is 13.3 Å². The molecule has 1 rings (SSSR count). The number of carbonyl (C=O) groups excluding carboxylic acids is 1. The van der Waals surface area contributed by atoms with Crippen molar-refractivity contribution in [1.82, 2.24) is 5.32 Å². The fourth-order valence-corrected chi connectivity index (χ4v) is 1.22. The molecule has 0 aromatic carbocycles. The zero-order valence-corrected chi connectivity index (χ0v) is 6.72. The van der Waals surface area contributed by atoms with E-state index in [9.17, 15) is 4.79 Å². The van der Waals surface area contributed by atoms with Gasteiger partial charge in [0.15, 0.2) is 0 Å². The van der Waals surface area contributed by atoms with Crippen molar-refractivity contribution in [1.29, 1.82) is 0 Å². The molecule has 64 valence electrons. The van der Waals surface area contributed by atoms with E-state index in [4.69, 9.17) is 10.5 Å². The van der Waals surface area contributed by atoms with Gasteiger partial charge >= 0.3 is 0 Å². The van der Waals surface area contributed by atoms with Gasteiger partial charge < -0.3 is 10.5 Å². The van der Waals surface area contributed by atoms with Crippen molar-refractivity contribution in [2.75, 3.05) is 19.8 Å². The standard InChI is InChI=1S/C7H14N2O2/c1-2-7(6(8)10)5-11-4-3-9-7/h9H,2-5H2,1H3,(H2,8,10). The second kappa shape index (κ2) is 3.19. The number of hydrogen-bond acceptors (Lipinski definition) is 3. The van der Waals surface area contributed by atoms with Gasteiger partial charge in [-0.25, -0.2) is 0 Å². The topological polar surface area (TPSA) is 64.4 Å². The molecule has 0 bridgehead atoms. The lowest BCUT2D eigenvalue weighted by Crippen LogP contribution is -2.61. The van der Waals surface area contributed by atoms with E-state index in [1.807, 2.05) is 6.92 Å². The molecule has 1 fully saturated rings. The highest BCUT2D eigenvalue weighted by Gasteiger charge is 2.36. The molecule has 0 aromatic heterocycles. The van der Waals surface area contributed by atoms with Crippen molar-refractivity contribution in [3.63, 3.8) is 0 Å². The summed E-state index contributed by atoms with van der Waals surface area (Å²) in [7, 11) is 0. The van der Waals surface area contributed by atoms with Crippen LogP contribution < -0.4 is 11.1 Å². The fourth-order valence-electron chi connectivity index (χ4n) is 1.22. The number of nitrogens with one attached hydrogen (secondary N) is 1. The van der Waals surface area contributed by atoms with Crippen LogP contribution in [0.3, 0.4) is 0 Å². The first-order chi connectivity index (χ1) is 5.21. The van der Waals surface area contributed by atoms with E-state index in [0.29, 0.717) is 26.2 Å². The van der Waals surface area contributed by atoms with Crippen LogP contribution in [-0.4, -0.2) is 31.2 Å². The zero-order valence-electron chi connectivity index (χ0n) is 6.72. The average molecular weight is 158 g/mol. The molecule has 1 atom stereocenters. The minimum Gasteiger partial charge on any atom is -0.378 e. The monoisotopic (exact) mass is 158 g/mol. The summed E-state index contributed by atoms with van der Waals surface area (Å²) in [6, 6.07) is 0. The number of morpholine rings is 1. The molecule has 1 aliphatic rings. The van der Waals surface area contributed by atoms with Crippen molar-refractivity contribution in [3.8, 4) is 0 Å². The summed E-state index contributed by atoms with van der Waals surface area (Å²) in [5, 5.41) is 3.08. The van der Waals surface area contributed by atoms with Gasteiger partial charge in [-0.15, -0.1) is 0 Å². The predicted octanol–water partition coefficient (Wildman–Crippen LogP) is -0.760. The molecule has 1 heterocycles. The predicted molar refractivity (Wildman–Crippen MR) is 41.0 cm³/mol. The van der Waals surface area contributed by atoms with E-state index in [-0.39, 0.29) is 5.91 Å². The molecule has 1 aliphatic heterocycles. The number of primary amides is 1. The first-order valence-corrected chi connectivity index (χ1v) is 3.84. The number of amides is 1. The highest BCUT2D eigenvalue weighted by molar-refractivity contribution is 5.84. The number of hydrogen-bond donors (Lipinski definition) is 2. The Kier molecular flexibility index (Phi) is 2.46. The summed E-state index contributed by atoms with van der Waals surface area (Å²) in [5.41, 5.74) is 4.62. The first kappa shape index (κ1) is 8.49. The number of rotatable bonds is 2. The largest absolute Gasteiger partial charge is 0.378 e. The fraction of sp³-hybridized carbons (Fsp3) is 0.857. The normalized spacial score (nSPS) is 31.7. The van der Waals surface area contributed by atoms with E-state index in [1.165, 1.54) is 0 Å². The van der Waals surface area contributed by atoms with Crippen LogP contribution in [0.2, 0.25) is 0 Å². The second-order valence-corrected chi connectivity index (χ2v) is 2.78. The van der Waals surface area contributed by atoms with Gasteiger partial charge in [0, 0.05) is 6.54 Å². The molecular weight excluding hydrogens is 144 g/mol. The van der Waals surface area contributed by atoms with E-state index in [0.717, 1.165) is 0 Å². The van der Waals surface area contributed by atoms with Crippen molar-refractivity contribution in [2.45, 2.75) is 18.9 Å². The first-order valence-electron chi connectivity index (χ1n) is 3.84. The van der Waals surface area contributed by atoms with Gasteiger partial charge in [-0.05, 0) is 6.42 Å². The van der Waals surface area contributed by atoms with Crippen LogP contribution in [0.5, 0.6) is 0 Å². The molecule has 4 nitrogen and oxygen atoms in total. The van der Waals surface area contributed by atoms with Crippen molar-refractivity contribution < 1.29 is 9.53 Å². The Morgan fingerprint density at radius 3 is 2.82 bits per heavy atom. The Morgan fingerprint density at radius 2 is 2.55 bits per heavy atom. The van der Waals surface area contributed by atoms with Gasteiger partial charge in [0.05, 0.1) is 13.2 Å². The van der Waals surface area contributed by atoms with Gasteiger partial charge in [0.1, 0.15) is 5.54 Å². The Bertz CT molecular complexity index is 153. The SMILES string of the molecule is CCC1(C(N)=O)COCCN1. The van der Waals surface area contributed by atoms with Gasteiger partial charge in [-0.2, -0.15) is 0 Å². The second-order valence-electron chi connectivity index (χ2n) is 2.78. The molecule has 0 saturated carbocycles. The summed E-state index contributed by atoms with van der Waals surface area (Å²) in [6.45, 7) is 3.69. The minimum absolute atomic E-state index is 0.320. The van der Waals surface area contributed by atoms with E-state index < -0.39 is 5.54 Å². The van der Waals surface area contributed by atoms with Gasteiger partial charge in [0.25, 0.3) is 0 Å². The van der Waals surface area contributed by atoms with Crippen LogP contribution in [0.25, 0.3) is 0 Å². The van der Waals surface area contributed by atoms with E-state index in [2.05, 4.69) is 5.32 Å². The summed E-state index contributed by atoms with van der Waals surface area (Å²) >= 11 is 0. The highest BCUT2D eigenvalue weighted by Crippen LogP contribution is 2.12. The molecule has 1 saturated heterocycles. The molecule has 11 heavy (non-hydrogen) atoms. The third-order valence-electron chi connectivity index (χ3n) is 2.13. The molecule has 4 heteroatoms. The lowest BCUT2D eigenvalue weighted by molar-refractivity contribution is -0.129. The van der Waals surface area contributed by atoms with E-state index >= 15 is 0 Å². The Morgan fingerprint density at radius 1 is 1.82 bits per heavy atom. The van der Waals surface area contributed by atoms with Gasteiger partial charge in [0.2, 0.25) is 5.91 Å². The lowest BCUT2D eigenvalue weighted by Gasteiger charge is -2.34. The van der Waals surface area contributed by atoms with Crippen LogP contribution >= 0.6 is 0 Å². The maximum Gasteiger partial charge on any atom is 0.240 e. The van der Waals surface area contributed by atoms with Crippen LogP contribution in [0, 0.1) is 0 Å². The molecule has 1 amide bonds. The van der Waals surface area contributed by atoms with Crippen LogP contribution in [-0.2, 0) is 9.53 Å². The van der Waals surface area contributed by atoms with Crippen LogP contribution in [0.15, 0.2) is 0 Å². The molecule has 1 unspecified atom stereocenters. The molecule has 0 aromatic rings. The third-order valence-corrected chi connectivity index (χ3v) is 2.13. The molecular formula is C7H14N2O2. The molecule has 0 aliphatic carbocycles. The van der Waals surface area contributed by atoms with Crippen LogP contribution in [0.4, 0.5) is 0 Å². The zero-order chi connectivity index (χ0) is 8.32. The van der Waals surface area contributed by atoms with E-state index in [1.54, 1.807) is 0 Å². The quantitative estimate of drug-likeness (QED) is 0.555. The smallest absolute Gasteiger partial charge is 0.240 e. The molecule has 0 spiro atoms. The van der Waals surface area contributed by atoms with Gasteiger partial charge in [-0.1, -0.05) is 6.92 Å². The number of ether oxygens (including phenoxy) is 1. The minimum atomic E-state index is -0.613. The Hall–Kier alpha value is -0.610. The number of carbonyl (C=O) groups is 1. The Labute approximate surface area is 66.1 Å². The summed E-state index contributed by atoms with van der Waals surface area (Å²) in [5.74, 6) is -0.320. The maximum atomic E-state index is 11.0. The summed E-state index contributed by atoms with van der Waals surface area (Å²) < 4.78 is 5.17. The Balaban J connectivity index is 2.64. The highest BCUT2D eigenvalue weighted by atomic mass is 16.5. The molecule has 3 N–H and O–H groups in total. The maximum absolute atomic E-state index is 11.0. The third kappa shape index (κ3) is 1.52. The summed E-state index contributed by atoms with van der Waals surface area (Å²) in [6.07, 6.45) is 0.683. The summed E-state index contributed by atoms with van der Waals surface area (Å²) in [4.78, 5) is 11.0. The number of nitrogens with two attached hydrogens (primary N) is 1. The molecule has 0 radical (unpaired) electrons.